The predicted molar refractivity (Wildman–Crippen MR) is 59.2 cm³/mol. The molecular weight excluding hydrogens is 244 g/mol. The molecule has 1 fully saturated rings. The monoisotopic (exact) mass is 259 g/mol. The highest BCUT2D eigenvalue weighted by molar-refractivity contribution is 5.79. The Morgan fingerprint density at radius 2 is 2.22 bits per heavy atom. The Labute approximate surface area is 103 Å². The number of aromatic nitrogens is 2. The molecule has 2 rings (SSSR count). The lowest BCUT2D eigenvalue weighted by molar-refractivity contribution is -0.188. The van der Waals surface area contributed by atoms with E-state index in [9.17, 15) is 18.7 Å². The first-order valence-electron chi connectivity index (χ1n) is 5.59. The minimum Gasteiger partial charge on any atom is -0.380 e. The summed E-state index contributed by atoms with van der Waals surface area (Å²) in [5.41, 5.74) is -0.504. The van der Waals surface area contributed by atoms with Gasteiger partial charge in [0.15, 0.2) is 5.60 Å². The first kappa shape index (κ1) is 12.9. The molecule has 0 radical (unpaired) electrons. The summed E-state index contributed by atoms with van der Waals surface area (Å²) >= 11 is 0. The average Bonchev–Trinajstić information content (AvgIpc) is 2.52. The third-order valence-electron chi connectivity index (χ3n) is 3.12. The number of likely N-dealkylation sites (tertiary alicyclic amines) is 1. The normalized spacial score (nSPS) is 18.0. The van der Waals surface area contributed by atoms with Crippen LogP contribution in [0, 0.1) is 6.92 Å². The minimum absolute atomic E-state index is 0.108. The lowest BCUT2D eigenvalue weighted by Gasteiger charge is -2.45. The number of alkyl halides is 2. The van der Waals surface area contributed by atoms with E-state index in [1.807, 2.05) is 6.92 Å². The molecule has 1 saturated heterocycles. The lowest BCUT2D eigenvalue weighted by Crippen LogP contribution is -2.67. The van der Waals surface area contributed by atoms with Gasteiger partial charge in [0.1, 0.15) is 0 Å². The number of aryl methyl sites for hydroxylation is 2. The van der Waals surface area contributed by atoms with Crippen molar-refractivity contribution in [1.29, 1.82) is 0 Å². The number of rotatable bonds is 3. The van der Waals surface area contributed by atoms with Crippen molar-refractivity contribution in [2.45, 2.75) is 25.4 Å². The van der Waals surface area contributed by atoms with Crippen molar-refractivity contribution in [3.05, 3.63) is 17.5 Å². The maximum Gasteiger partial charge on any atom is 0.270 e. The topological polar surface area (TPSA) is 58.4 Å². The standard InChI is InChI=1S/C11H15F2N3O2/c1-7-3-8(15(2)14-7)4-9(17)16-5-11(18,6-16)10(12)13/h3,10,18H,4-6H2,1-2H3. The number of β-amino-alcohol motifs (C(OH)–C–C–N with tert-alkyl or cyclic N) is 1. The predicted octanol–water partition coefficient (Wildman–Crippen LogP) is 0.109. The molecule has 0 aliphatic carbocycles. The van der Waals surface area contributed by atoms with Gasteiger partial charge in [-0.15, -0.1) is 0 Å². The molecule has 0 unspecified atom stereocenters. The number of hydrogen-bond acceptors (Lipinski definition) is 3. The molecule has 1 amide bonds. The van der Waals surface area contributed by atoms with Gasteiger partial charge >= 0.3 is 0 Å². The fraction of sp³-hybridized carbons (Fsp3) is 0.636. The quantitative estimate of drug-likeness (QED) is 0.838. The zero-order valence-electron chi connectivity index (χ0n) is 10.2. The molecule has 1 aromatic rings. The van der Waals surface area contributed by atoms with Crippen molar-refractivity contribution in [2.24, 2.45) is 7.05 Å². The van der Waals surface area contributed by atoms with Crippen LogP contribution in [-0.2, 0) is 18.3 Å². The van der Waals surface area contributed by atoms with Crippen LogP contribution in [0.4, 0.5) is 8.78 Å². The molecule has 1 aliphatic heterocycles. The summed E-state index contributed by atoms with van der Waals surface area (Å²) in [4.78, 5) is 13.0. The summed E-state index contributed by atoms with van der Waals surface area (Å²) < 4.78 is 26.4. The van der Waals surface area contributed by atoms with Crippen LogP contribution in [0.15, 0.2) is 6.07 Å². The van der Waals surface area contributed by atoms with Crippen LogP contribution in [0.5, 0.6) is 0 Å². The van der Waals surface area contributed by atoms with Crippen LogP contribution >= 0.6 is 0 Å². The number of halogens is 2. The van der Waals surface area contributed by atoms with Gasteiger partial charge in [-0.25, -0.2) is 8.78 Å². The number of amides is 1. The SMILES string of the molecule is Cc1cc(CC(=O)N2CC(O)(C(F)F)C2)n(C)n1. The van der Waals surface area contributed by atoms with Gasteiger partial charge in [-0.3, -0.25) is 9.48 Å². The van der Waals surface area contributed by atoms with Gasteiger partial charge in [0.25, 0.3) is 6.43 Å². The molecule has 100 valence electrons. The van der Waals surface area contributed by atoms with Crippen molar-refractivity contribution < 1.29 is 18.7 Å². The minimum atomic E-state index is -2.82. The van der Waals surface area contributed by atoms with E-state index in [0.29, 0.717) is 0 Å². The zero-order valence-corrected chi connectivity index (χ0v) is 10.2. The molecule has 2 heterocycles. The smallest absolute Gasteiger partial charge is 0.270 e. The summed E-state index contributed by atoms with van der Waals surface area (Å²) in [6.07, 6.45) is -2.71. The molecule has 0 atom stereocenters. The van der Waals surface area contributed by atoms with Gasteiger partial charge in [-0.2, -0.15) is 5.10 Å². The van der Waals surface area contributed by atoms with Gasteiger partial charge in [-0.05, 0) is 13.0 Å². The highest BCUT2D eigenvalue weighted by atomic mass is 19.3. The molecule has 0 saturated carbocycles. The van der Waals surface area contributed by atoms with Crippen LogP contribution in [0.2, 0.25) is 0 Å². The summed E-state index contributed by atoms with van der Waals surface area (Å²) in [6, 6.07) is 1.77. The maximum atomic E-state index is 12.4. The summed E-state index contributed by atoms with van der Waals surface area (Å²) in [5, 5.41) is 13.5. The van der Waals surface area contributed by atoms with Crippen LogP contribution in [0.25, 0.3) is 0 Å². The number of carbonyl (C=O) groups is 1. The van der Waals surface area contributed by atoms with Crippen LogP contribution in [-0.4, -0.2) is 50.8 Å². The Hall–Kier alpha value is -1.50. The van der Waals surface area contributed by atoms with Crippen molar-refractivity contribution in [2.75, 3.05) is 13.1 Å². The van der Waals surface area contributed by atoms with E-state index in [2.05, 4.69) is 5.10 Å². The number of hydrogen-bond donors (Lipinski definition) is 1. The second-order valence-corrected chi connectivity index (χ2v) is 4.73. The Morgan fingerprint density at radius 1 is 1.61 bits per heavy atom. The fourth-order valence-electron chi connectivity index (χ4n) is 2.03. The van der Waals surface area contributed by atoms with E-state index < -0.39 is 12.0 Å². The van der Waals surface area contributed by atoms with Gasteiger partial charge in [0, 0.05) is 12.7 Å². The summed E-state index contributed by atoms with van der Waals surface area (Å²) in [5.74, 6) is -0.275. The first-order valence-corrected chi connectivity index (χ1v) is 5.59. The van der Waals surface area contributed by atoms with E-state index in [1.165, 1.54) is 4.90 Å². The Morgan fingerprint density at radius 3 is 2.67 bits per heavy atom. The van der Waals surface area contributed by atoms with Crippen molar-refractivity contribution in [3.63, 3.8) is 0 Å². The molecule has 1 aromatic heterocycles. The van der Waals surface area contributed by atoms with Gasteiger partial charge in [0.05, 0.1) is 25.2 Å². The molecule has 18 heavy (non-hydrogen) atoms. The van der Waals surface area contributed by atoms with Gasteiger partial charge in [0.2, 0.25) is 5.91 Å². The van der Waals surface area contributed by atoms with Gasteiger partial charge < -0.3 is 10.0 Å². The van der Waals surface area contributed by atoms with Crippen molar-refractivity contribution >= 4 is 5.91 Å². The van der Waals surface area contributed by atoms with Crippen molar-refractivity contribution in [1.82, 2.24) is 14.7 Å². The number of aliphatic hydroxyl groups is 1. The van der Waals surface area contributed by atoms with E-state index >= 15 is 0 Å². The number of carbonyl (C=O) groups excluding carboxylic acids is 1. The molecule has 0 bridgehead atoms. The van der Waals surface area contributed by atoms with Crippen molar-refractivity contribution in [3.8, 4) is 0 Å². The van der Waals surface area contributed by atoms with E-state index in [4.69, 9.17) is 0 Å². The Kier molecular flexibility index (Phi) is 3.10. The maximum absolute atomic E-state index is 12.4. The molecule has 5 nitrogen and oxygen atoms in total. The van der Waals surface area contributed by atoms with Crippen LogP contribution in [0.1, 0.15) is 11.4 Å². The van der Waals surface area contributed by atoms with E-state index in [0.717, 1.165) is 11.4 Å². The lowest BCUT2D eigenvalue weighted by atomic mass is 9.94. The van der Waals surface area contributed by atoms with Gasteiger partial charge in [-0.1, -0.05) is 0 Å². The van der Waals surface area contributed by atoms with Crippen LogP contribution < -0.4 is 0 Å². The molecule has 7 heteroatoms. The summed E-state index contributed by atoms with van der Waals surface area (Å²) in [7, 11) is 1.72. The second kappa shape index (κ2) is 4.31. The summed E-state index contributed by atoms with van der Waals surface area (Å²) in [6.45, 7) is 1.20. The highest BCUT2D eigenvalue weighted by Crippen LogP contribution is 2.28. The largest absolute Gasteiger partial charge is 0.380 e. The van der Waals surface area contributed by atoms with Crippen LogP contribution in [0.3, 0.4) is 0 Å². The average molecular weight is 259 g/mol. The first-order chi connectivity index (χ1) is 8.32. The second-order valence-electron chi connectivity index (χ2n) is 4.73. The molecule has 0 spiro atoms. The van der Waals surface area contributed by atoms with E-state index in [-0.39, 0.29) is 25.4 Å². The molecule has 1 aliphatic rings. The number of nitrogens with zero attached hydrogens (tertiary/aromatic N) is 3. The molecule has 1 N–H and O–H groups in total. The zero-order chi connectivity index (χ0) is 13.5. The third kappa shape index (κ3) is 2.22. The molecule has 0 aromatic carbocycles. The fourth-order valence-corrected chi connectivity index (χ4v) is 2.03. The van der Waals surface area contributed by atoms with E-state index in [1.54, 1.807) is 17.8 Å². The Bertz CT molecular complexity index is 467. The third-order valence-corrected chi connectivity index (χ3v) is 3.12. The highest BCUT2D eigenvalue weighted by Gasteiger charge is 2.50. The molecular formula is C11H15F2N3O2. The Balaban J connectivity index is 1.93.